The van der Waals surface area contributed by atoms with Crippen molar-refractivity contribution in [1.82, 2.24) is 4.98 Å². The van der Waals surface area contributed by atoms with Gasteiger partial charge in [0.25, 0.3) is 5.91 Å². The Kier molecular flexibility index (Phi) is 4.08. The van der Waals surface area contributed by atoms with Gasteiger partial charge < -0.3 is 9.73 Å². The van der Waals surface area contributed by atoms with Gasteiger partial charge in [0.2, 0.25) is 0 Å². The molecule has 0 atom stereocenters. The zero-order valence-electron chi connectivity index (χ0n) is 11.0. The number of hydrogen-bond acceptors (Lipinski definition) is 4. The number of nitrogens with zero attached hydrogens (tertiary/aromatic N) is 1. The van der Waals surface area contributed by atoms with Crippen molar-refractivity contribution in [3.05, 3.63) is 67.5 Å². The fourth-order valence-electron chi connectivity index (χ4n) is 1.89. The molecule has 3 rings (SSSR count). The summed E-state index contributed by atoms with van der Waals surface area (Å²) in [6, 6.07) is 11.9. The number of benzene rings is 1. The highest BCUT2D eigenvalue weighted by Crippen LogP contribution is 2.22. The minimum atomic E-state index is -0.688. The van der Waals surface area contributed by atoms with Crippen molar-refractivity contribution in [2.24, 2.45) is 0 Å². The number of nitrogens with one attached hydrogen (secondary N) is 1. The number of rotatable bonds is 2. The number of fused-ring (bicyclic) bond motifs is 1. The summed E-state index contributed by atoms with van der Waals surface area (Å²) in [5.74, 6) is -0.242. The molecule has 0 bridgehead atoms. The van der Waals surface area contributed by atoms with Crippen LogP contribution in [0.5, 0.6) is 0 Å². The monoisotopic (exact) mass is 422 g/mol. The minimum Gasteiger partial charge on any atom is -0.422 e. The van der Waals surface area contributed by atoms with Crippen molar-refractivity contribution in [2.45, 2.75) is 0 Å². The van der Waals surface area contributed by atoms with Crippen LogP contribution in [0.15, 0.2) is 60.8 Å². The normalized spacial score (nSPS) is 10.6. The van der Waals surface area contributed by atoms with Crippen LogP contribution in [0.2, 0.25) is 0 Å². The van der Waals surface area contributed by atoms with Crippen LogP contribution in [0.1, 0.15) is 10.4 Å². The van der Waals surface area contributed by atoms with Gasteiger partial charge in [-0.15, -0.1) is 0 Å². The van der Waals surface area contributed by atoms with Gasteiger partial charge in [0.15, 0.2) is 0 Å². The van der Waals surface area contributed by atoms with Gasteiger partial charge in [-0.1, -0.05) is 18.2 Å². The summed E-state index contributed by atoms with van der Waals surface area (Å²) >= 11 is 6.54. The summed E-state index contributed by atoms with van der Waals surface area (Å²) in [6.07, 6.45) is 0. The van der Waals surface area contributed by atoms with E-state index in [0.29, 0.717) is 21.4 Å². The van der Waals surface area contributed by atoms with E-state index in [1.165, 1.54) is 6.07 Å². The number of para-hydroxylation sites is 1. The molecule has 3 aromatic rings. The smallest absolute Gasteiger partial charge is 0.349 e. The van der Waals surface area contributed by atoms with Gasteiger partial charge in [0, 0.05) is 5.39 Å². The second-order valence-electron chi connectivity index (χ2n) is 4.41. The van der Waals surface area contributed by atoms with Crippen LogP contribution in [0, 0.1) is 0 Å². The average molecular weight is 424 g/mol. The van der Waals surface area contributed by atoms with Crippen molar-refractivity contribution in [2.75, 3.05) is 5.32 Å². The minimum absolute atomic E-state index is 0.0699. The first-order valence-corrected chi connectivity index (χ1v) is 7.79. The Morgan fingerprint density at radius 1 is 1.14 bits per heavy atom. The fraction of sp³-hybridized carbons (Fsp3) is 0. The van der Waals surface area contributed by atoms with Gasteiger partial charge in [-0.05, 0) is 56.1 Å². The zero-order valence-corrected chi connectivity index (χ0v) is 14.1. The molecule has 1 aromatic carbocycles. The Balaban J connectivity index is 1.96. The first kappa shape index (κ1) is 14.9. The SMILES string of the molecule is O=C(Nc1ccc(Br)c(Br)n1)c1cc2ccccc2oc1=O. The summed E-state index contributed by atoms with van der Waals surface area (Å²) in [7, 11) is 0. The number of carbonyl (C=O) groups excluding carboxylic acids is 1. The van der Waals surface area contributed by atoms with E-state index in [9.17, 15) is 9.59 Å². The Bertz CT molecular complexity index is 937. The van der Waals surface area contributed by atoms with Crippen molar-refractivity contribution in [3.63, 3.8) is 0 Å². The fourth-order valence-corrected chi connectivity index (χ4v) is 2.43. The Morgan fingerprint density at radius 2 is 1.91 bits per heavy atom. The lowest BCUT2D eigenvalue weighted by molar-refractivity contribution is 0.102. The van der Waals surface area contributed by atoms with E-state index in [1.807, 2.05) is 0 Å². The molecule has 5 nitrogen and oxygen atoms in total. The summed E-state index contributed by atoms with van der Waals surface area (Å²) in [4.78, 5) is 28.3. The molecule has 0 aliphatic rings. The van der Waals surface area contributed by atoms with Gasteiger partial charge in [-0.2, -0.15) is 0 Å². The molecule has 0 radical (unpaired) electrons. The highest BCUT2D eigenvalue weighted by Gasteiger charge is 2.14. The average Bonchev–Trinajstić information content (AvgIpc) is 2.50. The molecule has 0 spiro atoms. The summed E-state index contributed by atoms with van der Waals surface area (Å²) in [6.45, 7) is 0. The second-order valence-corrected chi connectivity index (χ2v) is 6.01. The van der Waals surface area contributed by atoms with E-state index >= 15 is 0 Å². The van der Waals surface area contributed by atoms with Crippen LogP contribution >= 0.6 is 31.9 Å². The van der Waals surface area contributed by atoms with Crippen LogP contribution in [-0.4, -0.2) is 10.9 Å². The summed E-state index contributed by atoms with van der Waals surface area (Å²) in [5, 5.41) is 3.25. The number of aromatic nitrogens is 1. The number of pyridine rings is 1. The molecule has 0 fully saturated rings. The van der Waals surface area contributed by atoms with Gasteiger partial charge in [-0.25, -0.2) is 9.78 Å². The molecule has 0 saturated carbocycles. The van der Waals surface area contributed by atoms with Crippen LogP contribution in [-0.2, 0) is 0 Å². The largest absolute Gasteiger partial charge is 0.422 e. The van der Waals surface area contributed by atoms with E-state index in [-0.39, 0.29) is 5.56 Å². The van der Waals surface area contributed by atoms with Crippen LogP contribution in [0.3, 0.4) is 0 Å². The molecule has 2 aromatic heterocycles. The lowest BCUT2D eigenvalue weighted by Gasteiger charge is -2.05. The third-order valence-corrected chi connectivity index (χ3v) is 4.71. The molecule has 0 saturated heterocycles. The lowest BCUT2D eigenvalue weighted by Crippen LogP contribution is -2.21. The van der Waals surface area contributed by atoms with E-state index in [0.717, 1.165) is 4.47 Å². The standard InChI is InChI=1S/C15H8Br2N2O3/c16-10-5-6-12(18-13(10)17)19-14(20)9-7-8-3-1-2-4-11(8)22-15(9)21/h1-7H,(H,18,19,20). The summed E-state index contributed by atoms with van der Waals surface area (Å²) in [5.41, 5.74) is -0.319. The summed E-state index contributed by atoms with van der Waals surface area (Å²) < 4.78 is 6.45. The highest BCUT2D eigenvalue weighted by molar-refractivity contribution is 9.13. The van der Waals surface area contributed by atoms with E-state index in [2.05, 4.69) is 42.2 Å². The first-order chi connectivity index (χ1) is 10.5. The van der Waals surface area contributed by atoms with Crippen LogP contribution < -0.4 is 10.9 Å². The predicted octanol–water partition coefficient (Wildman–Crippen LogP) is 3.97. The predicted molar refractivity (Wildman–Crippen MR) is 90.1 cm³/mol. The van der Waals surface area contributed by atoms with E-state index < -0.39 is 11.5 Å². The number of amides is 1. The molecule has 0 unspecified atom stereocenters. The quantitative estimate of drug-likeness (QED) is 0.500. The number of halogens is 2. The van der Waals surface area contributed by atoms with Gasteiger partial charge in [0.05, 0.1) is 4.47 Å². The molecule has 110 valence electrons. The lowest BCUT2D eigenvalue weighted by atomic mass is 10.2. The molecule has 2 heterocycles. The molecule has 0 aliphatic carbocycles. The van der Waals surface area contributed by atoms with Crippen LogP contribution in [0.25, 0.3) is 11.0 Å². The molecule has 1 amide bonds. The molecular weight excluding hydrogens is 416 g/mol. The number of hydrogen-bond donors (Lipinski definition) is 1. The third-order valence-electron chi connectivity index (χ3n) is 2.93. The maximum Gasteiger partial charge on any atom is 0.349 e. The van der Waals surface area contributed by atoms with Gasteiger partial charge in [0.1, 0.15) is 21.6 Å². The Labute approximate surface area is 141 Å². The Morgan fingerprint density at radius 3 is 2.68 bits per heavy atom. The van der Waals surface area contributed by atoms with E-state index in [4.69, 9.17) is 4.42 Å². The van der Waals surface area contributed by atoms with Gasteiger partial charge in [-0.3, -0.25) is 4.79 Å². The van der Waals surface area contributed by atoms with Crippen molar-refractivity contribution in [3.8, 4) is 0 Å². The van der Waals surface area contributed by atoms with Gasteiger partial charge >= 0.3 is 5.63 Å². The Hall–Kier alpha value is -1.99. The first-order valence-electron chi connectivity index (χ1n) is 6.21. The number of carbonyl (C=O) groups is 1. The van der Waals surface area contributed by atoms with Crippen molar-refractivity contribution < 1.29 is 9.21 Å². The highest BCUT2D eigenvalue weighted by atomic mass is 79.9. The van der Waals surface area contributed by atoms with Crippen LogP contribution in [0.4, 0.5) is 5.82 Å². The molecular formula is C15H8Br2N2O3. The van der Waals surface area contributed by atoms with E-state index in [1.54, 1.807) is 36.4 Å². The molecule has 0 aliphatic heterocycles. The number of anilines is 1. The zero-order chi connectivity index (χ0) is 15.7. The maximum atomic E-state index is 12.2. The molecule has 1 N–H and O–H groups in total. The third kappa shape index (κ3) is 2.95. The molecule has 22 heavy (non-hydrogen) atoms. The topological polar surface area (TPSA) is 72.2 Å². The van der Waals surface area contributed by atoms with Crippen molar-refractivity contribution >= 4 is 54.6 Å². The molecule has 7 heteroatoms. The maximum absolute atomic E-state index is 12.2. The second kappa shape index (κ2) is 6.02. The van der Waals surface area contributed by atoms with Crippen molar-refractivity contribution in [1.29, 1.82) is 0 Å².